The maximum absolute atomic E-state index is 8.68. The van der Waals surface area contributed by atoms with E-state index in [9.17, 15) is 0 Å². The standard InChI is InChI=1S/2C18H25ClN2OSi.2C12H21BrN2OSi.C6H6BClO2.4CH4/c1-23(2,3)11-10-22-13-21-12-20-17(18(21)14-8-9-14)15-6-4-5-7-16(15)19;1-23(2,3)11-10-22-13-21-12-20-17(14-8-9-14)18(21)15-6-4-5-7-16(15)19;1-17(2,3)7-6-16-9-15-8-14-12(13)11(15)10-4-5-10;1-17(2,3)7-6-16-9-15-8-14-11(12(15)13)10-4-5-10;8-6-4-2-1-3-5(6)7(9)10;;;;/h2*4-7,12,14H,8-11,13H2,1-3H3;2*8,10H,4-7,9H2,1-3H3;1-4,9-10H;4*1H4. The van der Waals surface area contributed by atoms with Crippen LogP contribution in [0.15, 0.2) is 107 Å². The zero-order valence-corrected chi connectivity index (χ0v) is 64.7. The van der Waals surface area contributed by atoms with Crippen molar-refractivity contribution in [2.24, 2.45) is 0 Å². The lowest BCUT2D eigenvalue weighted by Gasteiger charge is -2.16. The van der Waals surface area contributed by atoms with E-state index in [-0.39, 0.29) is 29.7 Å². The van der Waals surface area contributed by atoms with Crippen molar-refractivity contribution in [2.75, 3.05) is 26.4 Å². The molecule has 4 heterocycles. The maximum atomic E-state index is 8.68. The summed E-state index contributed by atoms with van der Waals surface area (Å²) in [6.45, 7) is 34.2. The molecule has 24 heteroatoms. The van der Waals surface area contributed by atoms with Gasteiger partial charge in [-0.25, -0.2) is 19.9 Å². The van der Waals surface area contributed by atoms with Gasteiger partial charge in [-0.2, -0.15) is 0 Å². The van der Waals surface area contributed by atoms with Crippen LogP contribution in [0.2, 0.25) is 118 Å². The van der Waals surface area contributed by atoms with E-state index in [1.54, 1.807) is 24.3 Å². The van der Waals surface area contributed by atoms with E-state index < -0.39 is 39.4 Å². The first-order valence-electron chi connectivity index (χ1n) is 32.0. The summed E-state index contributed by atoms with van der Waals surface area (Å²) in [5.41, 5.74) is 9.55. The van der Waals surface area contributed by atoms with Gasteiger partial charge in [0.05, 0.1) is 64.5 Å². The Kier molecular flexibility index (Phi) is 36.0. The monoisotopic (exact) mass is 1550 g/mol. The smallest absolute Gasteiger partial charge is 0.423 e. The molecule has 14 nitrogen and oxygen atoms in total. The molecule has 0 aliphatic heterocycles. The Balaban J connectivity index is 0.000000310. The first-order valence-corrected chi connectivity index (χ1v) is 49.5. The lowest BCUT2D eigenvalue weighted by Crippen LogP contribution is -2.30. The first-order chi connectivity index (χ1) is 42.6. The lowest BCUT2D eigenvalue weighted by molar-refractivity contribution is 0.0852. The highest BCUT2D eigenvalue weighted by Crippen LogP contribution is 2.47. The first kappa shape index (κ1) is 85.2. The zero-order chi connectivity index (χ0) is 65.4. The van der Waals surface area contributed by atoms with Gasteiger partial charge in [0.25, 0.3) is 0 Å². The number of rotatable bonds is 27. The summed E-state index contributed by atoms with van der Waals surface area (Å²) in [4.78, 5) is 18.1. The molecular formula is C70H114BBr2Cl3N8O6Si4. The van der Waals surface area contributed by atoms with Crippen LogP contribution in [0, 0.1) is 0 Å². The van der Waals surface area contributed by atoms with Gasteiger partial charge < -0.3 is 47.3 Å². The fourth-order valence-corrected chi connectivity index (χ4v) is 14.4. The Labute approximate surface area is 602 Å². The number of aromatic nitrogens is 8. The van der Waals surface area contributed by atoms with Crippen molar-refractivity contribution in [1.82, 2.24) is 38.2 Å². The topological polar surface area (TPSA) is 149 Å². The molecule has 0 spiro atoms. The Hall–Kier alpha value is -2.98. The van der Waals surface area contributed by atoms with Gasteiger partial charge in [-0.15, -0.1) is 0 Å². The molecule has 0 unspecified atom stereocenters. The highest BCUT2D eigenvalue weighted by atomic mass is 79.9. The van der Waals surface area contributed by atoms with Gasteiger partial charge in [0, 0.05) is 109 Å². The van der Waals surface area contributed by atoms with Crippen molar-refractivity contribution in [2.45, 2.75) is 234 Å². The number of hydrogen-bond acceptors (Lipinski definition) is 10. The van der Waals surface area contributed by atoms with Crippen molar-refractivity contribution in [3.8, 4) is 22.5 Å². The van der Waals surface area contributed by atoms with Gasteiger partial charge in [0.2, 0.25) is 0 Å². The average molecular weight is 1550 g/mol. The second-order valence-electron chi connectivity index (χ2n) is 29.0. The molecule has 0 saturated heterocycles. The van der Waals surface area contributed by atoms with Crippen molar-refractivity contribution in [3.05, 3.63) is 145 Å². The SMILES string of the molecule is C.C.C.C.C[Si](C)(C)CCOCn1cnc(-c2ccccc2Cl)c1C1CC1.C[Si](C)(C)CCOCn1cnc(Br)c1C1CC1.C[Si](C)(C)CCOCn1cnc(C2CC2)c1-c1ccccc1Cl.C[Si](C)(C)CCOCn1cnc(C2CC2)c1Br.OB(O)c1ccccc1Cl. The minimum Gasteiger partial charge on any atom is -0.423 e. The summed E-state index contributed by atoms with van der Waals surface area (Å²) in [6.07, 6.45) is 17.6. The molecule has 4 saturated carbocycles. The van der Waals surface area contributed by atoms with Crippen LogP contribution in [0.4, 0.5) is 0 Å². The second-order valence-corrected chi connectivity index (χ2v) is 54.2. The minimum absolute atomic E-state index is 0. The quantitative estimate of drug-likeness (QED) is 0.0376. The van der Waals surface area contributed by atoms with E-state index >= 15 is 0 Å². The predicted octanol–water partition coefficient (Wildman–Crippen LogP) is 21.0. The number of ether oxygens (including phenoxy) is 4. The summed E-state index contributed by atoms with van der Waals surface area (Å²) < 4.78 is 33.9. The molecule has 0 radical (unpaired) electrons. The maximum Gasteiger partial charge on any atom is 0.489 e. The number of halogens is 5. The van der Waals surface area contributed by atoms with Gasteiger partial charge in [0.15, 0.2) is 0 Å². The Morgan fingerprint density at radius 1 is 0.436 bits per heavy atom. The van der Waals surface area contributed by atoms with E-state index in [0.717, 1.165) is 68.2 Å². The van der Waals surface area contributed by atoms with Crippen LogP contribution in [-0.2, 0) is 45.9 Å². The van der Waals surface area contributed by atoms with Gasteiger partial charge in [-0.05, 0) is 126 Å². The molecule has 7 aromatic rings. The number of hydrogen-bond donors (Lipinski definition) is 2. The molecule has 4 aliphatic rings. The largest absolute Gasteiger partial charge is 0.489 e. The van der Waals surface area contributed by atoms with Crippen LogP contribution in [0.3, 0.4) is 0 Å². The molecule has 4 aromatic heterocycles. The normalized spacial score (nSPS) is 14.4. The van der Waals surface area contributed by atoms with Gasteiger partial charge in [-0.3, -0.25) is 0 Å². The average Bonchev–Trinajstić information content (AvgIpc) is 1.62. The molecule has 524 valence electrons. The van der Waals surface area contributed by atoms with Crippen LogP contribution in [0.25, 0.3) is 22.5 Å². The fraction of sp³-hybridized carbons (Fsp3) is 0.571. The molecule has 0 amide bonds. The van der Waals surface area contributed by atoms with Gasteiger partial charge >= 0.3 is 7.12 Å². The van der Waals surface area contributed by atoms with Crippen LogP contribution in [-0.4, -0.2) is 114 Å². The highest BCUT2D eigenvalue weighted by molar-refractivity contribution is 9.10. The molecule has 4 aliphatic carbocycles. The fourth-order valence-electron chi connectivity index (χ4n) is 9.42. The lowest BCUT2D eigenvalue weighted by atomic mass is 9.80. The molecule has 4 fully saturated rings. The third-order valence-corrected chi connectivity index (χ3v) is 24.9. The molecule has 94 heavy (non-hydrogen) atoms. The molecule has 2 N–H and O–H groups in total. The summed E-state index contributed by atoms with van der Waals surface area (Å²) >= 11 is 25.5. The Morgan fingerprint density at radius 2 is 0.787 bits per heavy atom. The van der Waals surface area contributed by atoms with Gasteiger partial charge in [0.1, 0.15) is 36.1 Å². The number of nitrogens with zero attached hydrogens (tertiary/aromatic N) is 8. The predicted molar refractivity (Wildman–Crippen MR) is 418 cm³/mol. The van der Waals surface area contributed by atoms with Gasteiger partial charge in [-0.1, -0.05) is 198 Å². The second kappa shape index (κ2) is 39.7. The zero-order valence-electron chi connectivity index (χ0n) is 55.3. The van der Waals surface area contributed by atoms with Crippen molar-refractivity contribution < 1.29 is 29.0 Å². The summed E-state index contributed by atoms with van der Waals surface area (Å²) in [6, 6.07) is 27.4. The highest BCUT2D eigenvalue weighted by Gasteiger charge is 2.34. The number of imidazole rings is 4. The van der Waals surface area contributed by atoms with E-state index in [2.05, 4.69) is 155 Å². The molecule has 0 atom stereocenters. The summed E-state index contributed by atoms with van der Waals surface area (Å²) in [5.74, 6) is 2.58. The summed E-state index contributed by atoms with van der Waals surface area (Å²) in [7, 11) is -5.52. The molecular weight excluding hydrogens is 1440 g/mol. The van der Waals surface area contributed by atoms with E-state index in [4.69, 9.17) is 63.8 Å². The third kappa shape index (κ3) is 29.1. The molecule has 3 aromatic carbocycles. The Bertz CT molecular complexity index is 3330. The van der Waals surface area contributed by atoms with Crippen LogP contribution in [0.5, 0.6) is 0 Å². The third-order valence-electron chi connectivity index (χ3n) is 15.6. The van der Waals surface area contributed by atoms with E-state index in [0.29, 0.717) is 61.1 Å². The van der Waals surface area contributed by atoms with Crippen LogP contribution in [0.1, 0.15) is 128 Å². The number of benzene rings is 3. The molecule has 11 rings (SSSR count). The van der Waals surface area contributed by atoms with Crippen LogP contribution < -0.4 is 5.46 Å². The van der Waals surface area contributed by atoms with E-state index in [1.807, 2.05) is 67.8 Å². The summed E-state index contributed by atoms with van der Waals surface area (Å²) in [5, 5.41) is 19.3. The van der Waals surface area contributed by atoms with Crippen molar-refractivity contribution in [3.63, 3.8) is 0 Å². The Morgan fingerprint density at radius 3 is 1.21 bits per heavy atom. The van der Waals surface area contributed by atoms with E-state index in [1.165, 1.54) is 98.3 Å². The van der Waals surface area contributed by atoms with Crippen molar-refractivity contribution in [1.29, 1.82) is 0 Å². The van der Waals surface area contributed by atoms with Crippen molar-refractivity contribution >= 4 is 112 Å². The van der Waals surface area contributed by atoms with Crippen LogP contribution >= 0.6 is 66.7 Å². The molecule has 0 bridgehead atoms. The minimum atomic E-state index is -1.48.